The van der Waals surface area contributed by atoms with E-state index in [2.05, 4.69) is 45.8 Å². The maximum atomic E-state index is 13.3. The Morgan fingerprint density at radius 1 is 0.816 bits per heavy atom. The minimum atomic E-state index is -0.294. The SMILES string of the molecule is O=C(CSc1nc2ccccc2c(=O)n1-c1ccccc1)N/N=C\c1c2ccccc2cc2ccccc12. The number of fused-ring (bicyclic) bond motifs is 3. The number of hydrogen-bond acceptors (Lipinski definition) is 5. The molecule has 6 rings (SSSR count). The number of nitrogens with one attached hydrogen (secondary N) is 1. The number of rotatable bonds is 6. The summed E-state index contributed by atoms with van der Waals surface area (Å²) in [5.41, 5.74) is 4.69. The van der Waals surface area contributed by atoms with Gasteiger partial charge >= 0.3 is 0 Å². The third kappa shape index (κ3) is 4.55. The third-order valence-electron chi connectivity index (χ3n) is 6.29. The van der Waals surface area contributed by atoms with Crippen molar-refractivity contribution in [3.05, 3.63) is 125 Å². The van der Waals surface area contributed by atoms with Gasteiger partial charge < -0.3 is 0 Å². The van der Waals surface area contributed by atoms with Crippen LogP contribution in [0.2, 0.25) is 0 Å². The summed E-state index contributed by atoms with van der Waals surface area (Å²) >= 11 is 1.20. The van der Waals surface area contributed by atoms with Crippen LogP contribution in [0.5, 0.6) is 0 Å². The summed E-state index contributed by atoms with van der Waals surface area (Å²) < 4.78 is 1.55. The van der Waals surface area contributed by atoms with Crippen LogP contribution in [0.1, 0.15) is 5.56 Å². The van der Waals surface area contributed by atoms with Gasteiger partial charge in [-0.25, -0.2) is 10.4 Å². The summed E-state index contributed by atoms with van der Waals surface area (Å²) in [7, 11) is 0. The van der Waals surface area contributed by atoms with Crippen molar-refractivity contribution in [2.24, 2.45) is 5.10 Å². The van der Waals surface area contributed by atoms with Crippen molar-refractivity contribution < 1.29 is 4.79 Å². The Morgan fingerprint density at radius 3 is 2.13 bits per heavy atom. The van der Waals surface area contributed by atoms with Crippen LogP contribution in [0.15, 0.2) is 124 Å². The molecular formula is C31H22N4O2S. The molecule has 184 valence electrons. The van der Waals surface area contributed by atoms with Crippen molar-refractivity contribution in [1.29, 1.82) is 0 Å². The molecule has 0 saturated carbocycles. The Labute approximate surface area is 222 Å². The number of amides is 1. The first-order chi connectivity index (χ1) is 18.7. The van der Waals surface area contributed by atoms with Crippen molar-refractivity contribution in [3.8, 4) is 5.69 Å². The molecule has 1 heterocycles. The summed E-state index contributed by atoms with van der Waals surface area (Å²) in [5.74, 6) is -0.247. The molecule has 0 unspecified atom stereocenters. The molecule has 1 aromatic heterocycles. The molecule has 5 aromatic carbocycles. The largest absolute Gasteiger partial charge is 0.272 e. The maximum Gasteiger partial charge on any atom is 0.266 e. The van der Waals surface area contributed by atoms with Gasteiger partial charge in [-0.3, -0.25) is 14.2 Å². The van der Waals surface area contributed by atoms with Crippen LogP contribution in [0.25, 0.3) is 38.1 Å². The number of thioether (sulfide) groups is 1. The monoisotopic (exact) mass is 514 g/mol. The van der Waals surface area contributed by atoms with Crippen LogP contribution >= 0.6 is 11.8 Å². The molecule has 1 N–H and O–H groups in total. The van der Waals surface area contributed by atoms with Crippen molar-refractivity contribution in [2.45, 2.75) is 5.16 Å². The maximum absolute atomic E-state index is 13.3. The van der Waals surface area contributed by atoms with Gasteiger partial charge in [-0.1, -0.05) is 90.6 Å². The molecule has 0 atom stereocenters. The lowest BCUT2D eigenvalue weighted by atomic mass is 9.97. The van der Waals surface area contributed by atoms with Crippen LogP contribution in [-0.4, -0.2) is 27.4 Å². The van der Waals surface area contributed by atoms with Gasteiger partial charge in [0.2, 0.25) is 0 Å². The lowest BCUT2D eigenvalue weighted by Crippen LogP contribution is -2.24. The van der Waals surface area contributed by atoms with Crippen LogP contribution in [-0.2, 0) is 4.79 Å². The van der Waals surface area contributed by atoms with Crippen LogP contribution in [0.4, 0.5) is 0 Å². The van der Waals surface area contributed by atoms with E-state index in [0.29, 0.717) is 21.7 Å². The standard InChI is InChI=1S/C31H22N4O2S/c36-29(34-32-19-27-24-14-6-4-10-21(24)18-22-11-5-7-15-25(22)27)20-38-31-33-28-17-9-8-16-26(28)30(37)35(31)23-12-2-1-3-13-23/h1-19H,20H2,(H,34,36)/b32-19-. The van der Waals surface area contributed by atoms with Gasteiger partial charge in [-0.2, -0.15) is 5.10 Å². The molecule has 0 aliphatic rings. The fraction of sp³-hybridized carbons (Fsp3) is 0.0323. The van der Waals surface area contributed by atoms with E-state index in [0.717, 1.165) is 27.1 Å². The summed E-state index contributed by atoms with van der Waals surface area (Å²) in [6.07, 6.45) is 1.70. The quantitative estimate of drug-likeness (QED) is 0.0982. The Bertz CT molecular complexity index is 1840. The molecule has 7 heteroatoms. The average molecular weight is 515 g/mol. The first-order valence-electron chi connectivity index (χ1n) is 12.1. The highest BCUT2D eigenvalue weighted by molar-refractivity contribution is 7.99. The minimum Gasteiger partial charge on any atom is -0.272 e. The zero-order valence-corrected chi connectivity index (χ0v) is 21.1. The van der Waals surface area contributed by atoms with E-state index in [1.165, 1.54) is 11.8 Å². The van der Waals surface area contributed by atoms with Gasteiger partial charge in [0, 0.05) is 5.56 Å². The number of carbonyl (C=O) groups is 1. The topological polar surface area (TPSA) is 76.3 Å². The van der Waals surface area contributed by atoms with Crippen molar-refractivity contribution in [3.63, 3.8) is 0 Å². The normalized spacial score (nSPS) is 11.5. The van der Waals surface area contributed by atoms with Crippen molar-refractivity contribution in [1.82, 2.24) is 15.0 Å². The molecule has 0 saturated heterocycles. The summed E-state index contributed by atoms with van der Waals surface area (Å²) in [6.45, 7) is 0. The second-order valence-corrected chi connectivity index (χ2v) is 9.64. The number of benzene rings is 5. The molecule has 6 aromatic rings. The van der Waals surface area contributed by atoms with E-state index in [1.807, 2.05) is 66.7 Å². The van der Waals surface area contributed by atoms with Gasteiger partial charge in [0.05, 0.1) is 28.6 Å². The predicted molar refractivity (Wildman–Crippen MR) is 155 cm³/mol. The van der Waals surface area contributed by atoms with Gasteiger partial charge in [0.15, 0.2) is 5.16 Å². The van der Waals surface area contributed by atoms with Gasteiger partial charge in [-0.15, -0.1) is 0 Å². The zero-order valence-electron chi connectivity index (χ0n) is 20.2. The fourth-order valence-electron chi connectivity index (χ4n) is 4.53. The molecule has 0 aliphatic heterocycles. The highest BCUT2D eigenvalue weighted by atomic mass is 32.2. The third-order valence-corrected chi connectivity index (χ3v) is 7.23. The van der Waals surface area contributed by atoms with Crippen LogP contribution in [0, 0.1) is 0 Å². The molecule has 38 heavy (non-hydrogen) atoms. The lowest BCUT2D eigenvalue weighted by Gasteiger charge is -2.12. The second kappa shape index (κ2) is 10.3. The molecule has 0 bridgehead atoms. The van der Waals surface area contributed by atoms with E-state index in [4.69, 9.17) is 0 Å². The predicted octanol–water partition coefficient (Wildman–Crippen LogP) is 5.93. The number of carbonyl (C=O) groups excluding carboxylic acids is 1. The first kappa shape index (κ1) is 23.6. The smallest absolute Gasteiger partial charge is 0.266 e. The number of aromatic nitrogens is 2. The highest BCUT2D eigenvalue weighted by Gasteiger charge is 2.14. The molecule has 6 nitrogen and oxygen atoms in total. The Balaban J connectivity index is 1.26. The molecule has 0 aliphatic carbocycles. The lowest BCUT2D eigenvalue weighted by molar-refractivity contribution is -0.118. The molecule has 0 fully saturated rings. The highest BCUT2D eigenvalue weighted by Crippen LogP contribution is 2.27. The second-order valence-electron chi connectivity index (χ2n) is 8.70. The Hall–Kier alpha value is -4.75. The van der Waals surface area contributed by atoms with Crippen LogP contribution in [0.3, 0.4) is 0 Å². The van der Waals surface area contributed by atoms with E-state index in [-0.39, 0.29) is 17.2 Å². The van der Waals surface area contributed by atoms with Crippen molar-refractivity contribution in [2.75, 3.05) is 5.75 Å². The Morgan fingerprint density at radius 2 is 1.42 bits per heavy atom. The van der Waals surface area contributed by atoms with E-state index in [9.17, 15) is 9.59 Å². The minimum absolute atomic E-state index is 0.0469. The Kier molecular flexibility index (Phi) is 6.42. The number of para-hydroxylation sites is 2. The van der Waals surface area contributed by atoms with Gasteiger partial charge in [0.1, 0.15) is 0 Å². The zero-order chi connectivity index (χ0) is 25.9. The molecule has 1 amide bonds. The van der Waals surface area contributed by atoms with Crippen molar-refractivity contribution >= 4 is 56.3 Å². The first-order valence-corrected chi connectivity index (χ1v) is 13.1. The molecule has 0 radical (unpaired) electrons. The summed E-state index contributed by atoms with van der Waals surface area (Å²) in [5, 5.41) is 9.58. The van der Waals surface area contributed by atoms with E-state index >= 15 is 0 Å². The molecular weight excluding hydrogens is 492 g/mol. The summed E-state index contributed by atoms with van der Waals surface area (Å²) in [4.78, 5) is 30.8. The number of hydrogen-bond donors (Lipinski definition) is 1. The van der Waals surface area contributed by atoms with E-state index < -0.39 is 0 Å². The van der Waals surface area contributed by atoms with Crippen LogP contribution < -0.4 is 11.0 Å². The number of hydrazone groups is 1. The number of nitrogens with zero attached hydrogens (tertiary/aromatic N) is 3. The fourth-order valence-corrected chi connectivity index (χ4v) is 5.34. The van der Waals surface area contributed by atoms with Gasteiger partial charge in [-0.05, 0) is 51.9 Å². The molecule has 0 spiro atoms. The van der Waals surface area contributed by atoms with E-state index in [1.54, 1.807) is 22.9 Å². The van der Waals surface area contributed by atoms with Gasteiger partial charge in [0.25, 0.3) is 11.5 Å². The summed E-state index contributed by atoms with van der Waals surface area (Å²) in [6, 6.07) is 34.9. The average Bonchev–Trinajstić information content (AvgIpc) is 2.96.